The van der Waals surface area contributed by atoms with Crippen LogP contribution < -0.4 is 5.32 Å². The van der Waals surface area contributed by atoms with Crippen LogP contribution in [0.4, 0.5) is 4.39 Å². The van der Waals surface area contributed by atoms with Crippen molar-refractivity contribution in [3.05, 3.63) is 35.1 Å². The van der Waals surface area contributed by atoms with Gasteiger partial charge in [0.25, 0.3) is 5.91 Å². The second-order valence-corrected chi connectivity index (χ2v) is 4.71. The predicted octanol–water partition coefficient (Wildman–Crippen LogP) is 2.48. The summed E-state index contributed by atoms with van der Waals surface area (Å²) in [5, 5.41) is 2.86. The van der Waals surface area contributed by atoms with E-state index in [1.807, 2.05) is 6.92 Å². The lowest BCUT2D eigenvalue weighted by molar-refractivity contribution is 0.0846. The summed E-state index contributed by atoms with van der Waals surface area (Å²) >= 11 is 0. The van der Waals surface area contributed by atoms with Gasteiger partial charge in [-0.3, -0.25) is 4.79 Å². The molecule has 0 aromatic heterocycles. The number of carbonyl (C=O) groups is 1. The van der Waals surface area contributed by atoms with E-state index in [0.29, 0.717) is 5.56 Å². The van der Waals surface area contributed by atoms with Crippen molar-refractivity contribution in [2.24, 2.45) is 0 Å². The second kappa shape index (κ2) is 4.21. The summed E-state index contributed by atoms with van der Waals surface area (Å²) in [5.74, 6) is 1.40. The molecule has 0 unspecified atom stereocenters. The zero-order valence-corrected chi connectivity index (χ0v) is 9.72. The van der Waals surface area contributed by atoms with Crippen molar-refractivity contribution >= 4 is 5.91 Å². The van der Waals surface area contributed by atoms with Crippen LogP contribution in [0.15, 0.2) is 18.2 Å². The molecule has 1 saturated carbocycles. The molecular formula is C14H14FNO. The van der Waals surface area contributed by atoms with Gasteiger partial charge in [0, 0.05) is 11.1 Å². The first kappa shape index (κ1) is 11.7. The highest BCUT2D eigenvalue weighted by Gasteiger charge is 2.33. The van der Waals surface area contributed by atoms with Crippen molar-refractivity contribution in [3.63, 3.8) is 0 Å². The Morgan fingerprint density at radius 1 is 1.53 bits per heavy atom. The molecule has 0 atom stereocenters. The van der Waals surface area contributed by atoms with Crippen LogP contribution >= 0.6 is 0 Å². The van der Waals surface area contributed by atoms with Crippen LogP contribution in [-0.2, 0) is 0 Å². The third kappa shape index (κ3) is 2.31. The molecule has 1 N–H and O–H groups in total. The van der Waals surface area contributed by atoms with Gasteiger partial charge in [0.1, 0.15) is 5.82 Å². The molecule has 0 aliphatic heterocycles. The largest absolute Gasteiger partial charge is 0.347 e. The minimum Gasteiger partial charge on any atom is -0.347 e. The number of carbonyl (C=O) groups excluding carboxylic acids is 1. The molecule has 1 amide bonds. The Hall–Kier alpha value is -1.82. The van der Waals surface area contributed by atoms with Crippen LogP contribution in [0.3, 0.4) is 0 Å². The molecule has 1 fully saturated rings. The highest BCUT2D eigenvalue weighted by Crippen LogP contribution is 2.31. The summed E-state index contributed by atoms with van der Waals surface area (Å²) < 4.78 is 13.6. The first-order chi connectivity index (χ1) is 8.04. The molecule has 17 heavy (non-hydrogen) atoms. The average molecular weight is 231 g/mol. The maximum atomic E-state index is 13.6. The van der Waals surface area contributed by atoms with E-state index in [9.17, 15) is 9.18 Å². The normalized spacial score (nSPS) is 16.8. The molecule has 3 heteroatoms. The Kier molecular flexibility index (Phi) is 2.89. The third-order valence-corrected chi connectivity index (χ3v) is 3.25. The fourth-order valence-corrected chi connectivity index (χ4v) is 1.96. The highest BCUT2D eigenvalue weighted by atomic mass is 19.1. The van der Waals surface area contributed by atoms with Crippen molar-refractivity contribution in [2.75, 3.05) is 0 Å². The Labute approximate surface area is 100 Å². The fourth-order valence-electron chi connectivity index (χ4n) is 1.96. The molecule has 0 spiro atoms. The summed E-state index contributed by atoms with van der Waals surface area (Å²) in [6.07, 6.45) is 8.16. The smallest absolute Gasteiger partial charge is 0.254 e. The van der Waals surface area contributed by atoms with Gasteiger partial charge in [-0.15, -0.1) is 6.42 Å². The molecule has 2 rings (SSSR count). The van der Waals surface area contributed by atoms with Gasteiger partial charge in [0.2, 0.25) is 0 Å². The maximum Gasteiger partial charge on any atom is 0.254 e. The zero-order chi connectivity index (χ0) is 12.5. The van der Waals surface area contributed by atoms with Gasteiger partial charge in [-0.25, -0.2) is 4.39 Å². The van der Waals surface area contributed by atoms with Crippen LogP contribution in [0.5, 0.6) is 0 Å². The maximum absolute atomic E-state index is 13.6. The Balaban J connectivity index is 2.17. The minimum absolute atomic E-state index is 0.0529. The van der Waals surface area contributed by atoms with E-state index in [-0.39, 0.29) is 17.0 Å². The van der Waals surface area contributed by atoms with Crippen LogP contribution in [0.1, 0.15) is 42.1 Å². The lowest BCUT2D eigenvalue weighted by Crippen LogP contribution is -2.51. The predicted molar refractivity (Wildman–Crippen MR) is 64.1 cm³/mol. The highest BCUT2D eigenvalue weighted by molar-refractivity contribution is 5.95. The van der Waals surface area contributed by atoms with Gasteiger partial charge in [0.05, 0.1) is 5.56 Å². The summed E-state index contributed by atoms with van der Waals surface area (Å²) in [7, 11) is 0. The molecule has 1 aliphatic carbocycles. The molecule has 0 heterocycles. The average Bonchev–Trinajstić information content (AvgIpc) is 2.26. The van der Waals surface area contributed by atoms with Crippen molar-refractivity contribution in [1.29, 1.82) is 0 Å². The summed E-state index contributed by atoms with van der Waals surface area (Å²) in [4.78, 5) is 11.9. The van der Waals surface area contributed by atoms with Crippen molar-refractivity contribution in [2.45, 2.75) is 31.7 Å². The Bertz CT molecular complexity index is 497. The van der Waals surface area contributed by atoms with E-state index in [2.05, 4.69) is 11.2 Å². The monoisotopic (exact) mass is 231 g/mol. The van der Waals surface area contributed by atoms with E-state index in [4.69, 9.17) is 6.42 Å². The molecule has 2 nitrogen and oxygen atoms in total. The number of amides is 1. The standard InChI is InChI=1S/C14H14FNO/c1-3-10-5-6-11(12(15)9-10)13(17)16-14(2)7-4-8-14/h1,5-6,9H,4,7-8H2,2H3,(H,16,17). The van der Waals surface area contributed by atoms with Crippen LogP contribution in [0.25, 0.3) is 0 Å². The molecule has 1 aromatic carbocycles. The lowest BCUT2D eigenvalue weighted by atomic mass is 9.78. The Morgan fingerprint density at radius 3 is 2.71 bits per heavy atom. The van der Waals surface area contributed by atoms with E-state index < -0.39 is 5.82 Å². The molecule has 0 saturated heterocycles. The second-order valence-electron chi connectivity index (χ2n) is 4.71. The zero-order valence-electron chi connectivity index (χ0n) is 9.72. The third-order valence-electron chi connectivity index (χ3n) is 3.25. The summed E-state index contributed by atoms with van der Waals surface area (Å²) in [6, 6.07) is 4.21. The molecule has 0 radical (unpaired) electrons. The van der Waals surface area contributed by atoms with Crippen LogP contribution in [0.2, 0.25) is 0 Å². The van der Waals surface area contributed by atoms with Crippen LogP contribution in [0, 0.1) is 18.2 Å². The lowest BCUT2D eigenvalue weighted by Gasteiger charge is -2.39. The SMILES string of the molecule is C#Cc1ccc(C(=O)NC2(C)CCC2)c(F)c1. The first-order valence-electron chi connectivity index (χ1n) is 5.63. The van der Waals surface area contributed by atoms with Gasteiger partial charge >= 0.3 is 0 Å². The summed E-state index contributed by atoms with van der Waals surface area (Å²) in [6.45, 7) is 1.97. The number of hydrogen-bond acceptors (Lipinski definition) is 1. The first-order valence-corrected chi connectivity index (χ1v) is 5.63. The quantitative estimate of drug-likeness (QED) is 0.778. The molecule has 1 aromatic rings. The van der Waals surface area contributed by atoms with E-state index in [1.54, 1.807) is 6.07 Å². The number of hydrogen-bond donors (Lipinski definition) is 1. The Morgan fingerprint density at radius 2 is 2.24 bits per heavy atom. The van der Waals surface area contributed by atoms with Gasteiger partial charge in [0.15, 0.2) is 0 Å². The van der Waals surface area contributed by atoms with Crippen LogP contribution in [-0.4, -0.2) is 11.4 Å². The molecular weight excluding hydrogens is 217 g/mol. The minimum atomic E-state index is -0.569. The van der Waals surface area contributed by atoms with Crippen molar-refractivity contribution in [1.82, 2.24) is 5.32 Å². The number of benzene rings is 1. The van der Waals surface area contributed by atoms with Gasteiger partial charge in [-0.1, -0.05) is 5.92 Å². The van der Waals surface area contributed by atoms with Gasteiger partial charge in [-0.2, -0.15) is 0 Å². The van der Waals surface area contributed by atoms with E-state index in [1.165, 1.54) is 12.1 Å². The fraction of sp³-hybridized carbons (Fsp3) is 0.357. The molecule has 88 valence electrons. The number of nitrogens with one attached hydrogen (secondary N) is 1. The number of halogens is 1. The van der Waals surface area contributed by atoms with Gasteiger partial charge in [-0.05, 0) is 44.4 Å². The van der Waals surface area contributed by atoms with E-state index in [0.717, 1.165) is 19.3 Å². The van der Waals surface area contributed by atoms with Crippen molar-refractivity contribution < 1.29 is 9.18 Å². The number of rotatable bonds is 2. The topological polar surface area (TPSA) is 29.1 Å². The summed E-state index contributed by atoms with van der Waals surface area (Å²) in [5.41, 5.74) is 0.319. The van der Waals surface area contributed by atoms with E-state index >= 15 is 0 Å². The van der Waals surface area contributed by atoms with Crippen molar-refractivity contribution in [3.8, 4) is 12.3 Å². The number of terminal acetylenes is 1. The molecule has 1 aliphatic rings. The molecule has 0 bridgehead atoms. The van der Waals surface area contributed by atoms with Gasteiger partial charge < -0.3 is 5.32 Å².